The van der Waals surface area contributed by atoms with Crippen molar-refractivity contribution < 1.29 is 4.74 Å². The normalized spacial score (nSPS) is 17.1. The number of hydrogen-bond donors (Lipinski definition) is 0. The minimum absolute atomic E-state index is 0.149. The van der Waals surface area contributed by atoms with E-state index in [2.05, 4.69) is 68.1 Å². The van der Waals surface area contributed by atoms with Gasteiger partial charge in [0.25, 0.3) is 0 Å². The van der Waals surface area contributed by atoms with Crippen molar-refractivity contribution in [3.8, 4) is 22.9 Å². The van der Waals surface area contributed by atoms with Crippen molar-refractivity contribution in [1.82, 2.24) is 4.90 Å². The van der Waals surface area contributed by atoms with E-state index in [1.165, 1.54) is 16.7 Å². The molecule has 3 heteroatoms. The molecular weight excluding hydrogens is 344 g/mol. The van der Waals surface area contributed by atoms with E-state index in [1.807, 2.05) is 12.1 Å². The van der Waals surface area contributed by atoms with E-state index in [9.17, 15) is 5.26 Å². The fraction of sp³-hybridized carbons (Fsp3) is 0.480. The number of nitrogens with zero attached hydrogens (tertiary/aromatic N) is 2. The molecule has 2 aromatic rings. The fourth-order valence-corrected chi connectivity index (χ4v) is 4.33. The van der Waals surface area contributed by atoms with E-state index in [0.717, 1.165) is 38.2 Å². The van der Waals surface area contributed by atoms with Crippen LogP contribution in [0, 0.1) is 22.2 Å². The van der Waals surface area contributed by atoms with E-state index in [1.54, 1.807) is 7.11 Å². The van der Waals surface area contributed by atoms with Gasteiger partial charge < -0.3 is 4.74 Å². The molecule has 0 amide bonds. The molecule has 0 unspecified atom stereocenters. The van der Waals surface area contributed by atoms with Crippen LogP contribution in [0.2, 0.25) is 0 Å². The second-order valence-electron chi connectivity index (χ2n) is 9.07. The van der Waals surface area contributed by atoms with Crippen LogP contribution in [0.5, 0.6) is 5.75 Å². The molecule has 1 fully saturated rings. The lowest BCUT2D eigenvalue weighted by Gasteiger charge is -2.49. The van der Waals surface area contributed by atoms with Crippen molar-refractivity contribution in [1.29, 1.82) is 5.26 Å². The van der Waals surface area contributed by atoms with Gasteiger partial charge in [0.1, 0.15) is 5.75 Å². The Morgan fingerprint density at radius 1 is 0.964 bits per heavy atom. The molecule has 0 spiro atoms. The van der Waals surface area contributed by atoms with Gasteiger partial charge in [-0.1, -0.05) is 57.2 Å². The maximum absolute atomic E-state index is 9.33. The van der Waals surface area contributed by atoms with Crippen LogP contribution in [0.1, 0.15) is 45.6 Å². The number of ether oxygens (including phenoxy) is 1. The monoisotopic (exact) mass is 376 g/mol. The fourth-order valence-electron chi connectivity index (χ4n) is 4.33. The quantitative estimate of drug-likeness (QED) is 0.651. The van der Waals surface area contributed by atoms with E-state index < -0.39 is 0 Å². The number of likely N-dealkylation sites (tertiary alicyclic amines) is 1. The second-order valence-corrected chi connectivity index (χ2v) is 9.07. The molecule has 3 nitrogen and oxygen atoms in total. The smallest absolute Gasteiger partial charge is 0.118 e. The zero-order valence-corrected chi connectivity index (χ0v) is 17.7. The summed E-state index contributed by atoms with van der Waals surface area (Å²) in [6.07, 6.45) is 2.88. The van der Waals surface area contributed by atoms with E-state index in [4.69, 9.17) is 4.74 Å². The summed E-state index contributed by atoms with van der Waals surface area (Å²) in [5, 5.41) is 9.33. The zero-order chi connectivity index (χ0) is 20.2. The molecule has 1 aliphatic rings. The molecule has 0 aromatic heterocycles. The Labute approximate surface area is 169 Å². The first-order valence-electron chi connectivity index (χ1n) is 10.2. The van der Waals surface area contributed by atoms with Crippen LogP contribution >= 0.6 is 0 Å². The highest BCUT2D eigenvalue weighted by atomic mass is 16.5. The standard InChI is InChI=1S/C25H32N2O/c1-24(2,3)25(13-16-26)14-17-27(18-15-25)19-20-5-7-21(8-6-20)22-9-11-23(28-4)12-10-22/h5-12H,13-15,17-19H2,1-4H3. The van der Waals surface area contributed by atoms with E-state index >= 15 is 0 Å². The molecule has 0 atom stereocenters. The maximum Gasteiger partial charge on any atom is 0.118 e. The lowest BCUT2D eigenvalue weighted by atomic mass is 9.60. The molecule has 0 aliphatic carbocycles. The molecule has 1 heterocycles. The third-order valence-corrected chi connectivity index (χ3v) is 6.61. The Balaban J connectivity index is 1.61. The van der Waals surface area contributed by atoms with E-state index in [0.29, 0.717) is 6.42 Å². The molecule has 0 N–H and O–H groups in total. The third kappa shape index (κ3) is 4.39. The van der Waals surface area contributed by atoms with Gasteiger partial charge in [-0.3, -0.25) is 4.90 Å². The van der Waals surface area contributed by atoms with Gasteiger partial charge in [-0.2, -0.15) is 5.26 Å². The lowest BCUT2D eigenvalue weighted by Crippen LogP contribution is -2.46. The second kappa shape index (κ2) is 8.37. The predicted molar refractivity (Wildman–Crippen MR) is 115 cm³/mol. The number of nitriles is 1. The van der Waals surface area contributed by atoms with Crippen LogP contribution in [0.4, 0.5) is 0 Å². The van der Waals surface area contributed by atoms with Crippen molar-refractivity contribution in [3.63, 3.8) is 0 Å². The predicted octanol–water partition coefficient (Wildman–Crippen LogP) is 5.90. The Kier molecular flexibility index (Phi) is 6.10. The SMILES string of the molecule is COc1ccc(-c2ccc(CN3CCC(CC#N)(C(C)(C)C)CC3)cc2)cc1. The van der Waals surface area contributed by atoms with Crippen molar-refractivity contribution in [3.05, 3.63) is 54.1 Å². The van der Waals surface area contributed by atoms with Gasteiger partial charge in [0, 0.05) is 13.0 Å². The summed E-state index contributed by atoms with van der Waals surface area (Å²) in [4.78, 5) is 2.53. The summed E-state index contributed by atoms with van der Waals surface area (Å²) in [7, 11) is 1.69. The molecule has 1 saturated heterocycles. The Morgan fingerprint density at radius 2 is 1.50 bits per heavy atom. The van der Waals surface area contributed by atoms with Crippen molar-refractivity contribution in [2.75, 3.05) is 20.2 Å². The van der Waals surface area contributed by atoms with Gasteiger partial charge >= 0.3 is 0 Å². The van der Waals surface area contributed by atoms with Gasteiger partial charge in [0.15, 0.2) is 0 Å². The van der Waals surface area contributed by atoms with Crippen LogP contribution in [0.3, 0.4) is 0 Å². The topological polar surface area (TPSA) is 36.3 Å². The molecule has 3 rings (SSSR count). The van der Waals surface area contributed by atoms with Gasteiger partial charge in [-0.05, 0) is 65.6 Å². The van der Waals surface area contributed by atoms with Crippen molar-refractivity contribution >= 4 is 0 Å². The first-order valence-corrected chi connectivity index (χ1v) is 10.2. The van der Waals surface area contributed by atoms with Crippen LogP contribution in [0.15, 0.2) is 48.5 Å². The Hall–Kier alpha value is -2.31. The van der Waals surface area contributed by atoms with Crippen LogP contribution in [-0.2, 0) is 6.54 Å². The molecule has 0 saturated carbocycles. The number of rotatable bonds is 5. The zero-order valence-electron chi connectivity index (χ0n) is 17.7. The largest absolute Gasteiger partial charge is 0.497 e. The van der Waals surface area contributed by atoms with Gasteiger partial charge in [0.2, 0.25) is 0 Å². The first-order chi connectivity index (χ1) is 13.4. The minimum atomic E-state index is 0.149. The van der Waals surface area contributed by atoms with Crippen molar-refractivity contribution in [2.24, 2.45) is 10.8 Å². The number of methoxy groups -OCH3 is 1. The highest BCUT2D eigenvalue weighted by molar-refractivity contribution is 5.64. The first kappa shape index (κ1) is 20.4. The summed E-state index contributed by atoms with van der Waals surface area (Å²) < 4.78 is 5.24. The third-order valence-electron chi connectivity index (χ3n) is 6.61. The van der Waals surface area contributed by atoms with Gasteiger partial charge in [0.05, 0.1) is 13.2 Å². The molecule has 28 heavy (non-hydrogen) atoms. The average Bonchev–Trinajstić information content (AvgIpc) is 2.69. The molecule has 2 aromatic carbocycles. The highest BCUT2D eigenvalue weighted by Gasteiger charge is 2.43. The highest BCUT2D eigenvalue weighted by Crippen LogP contribution is 2.49. The average molecular weight is 377 g/mol. The Bertz CT molecular complexity index is 802. The van der Waals surface area contributed by atoms with E-state index in [-0.39, 0.29) is 10.8 Å². The van der Waals surface area contributed by atoms with Gasteiger partial charge in [-0.15, -0.1) is 0 Å². The van der Waals surface area contributed by atoms with Crippen LogP contribution in [-0.4, -0.2) is 25.1 Å². The summed E-state index contributed by atoms with van der Waals surface area (Å²) in [6.45, 7) is 9.99. The van der Waals surface area contributed by atoms with Crippen LogP contribution in [0.25, 0.3) is 11.1 Å². The van der Waals surface area contributed by atoms with Crippen molar-refractivity contribution in [2.45, 2.75) is 46.6 Å². The maximum atomic E-state index is 9.33. The summed E-state index contributed by atoms with van der Waals surface area (Å²) >= 11 is 0. The minimum Gasteiger partial charge on any atom is -0.497 e. The summed E-state index contributed by atoms with van der Waals surface area (Å²) in [6, 6.07) is 19.5. The molecular formula is C25H32N2O. The Morgan fingerprint density at radius 3 is 1.96 bits per heavy atom. The number of hydrogen-bond acceptors (Lipinski definition) is 3. The summed E-state index contributed by atoms with van der Waals surface area (Å²) in [5.41, 5.74) is 4.11. The van der Waals surface area contributed by atoms with Gasteiger partial charge in [-0.25, -0.2) is 0 Å². The molecule has 1 aliphatic heterocycles. The summed E-state index contributed by atoms with van der Waals surface area (Å²) in [5.74, 6) is 0.883. The number of benzene rings is 2. The molecule has 0 radical (unpaired) electrons. The lowest BCUT2D eigenvalue weighted by molar-refractivity contribution is 0.00711. The number of piperidine rings is 1. The molecule has 148 valence electrons. The molecule has 0 bridgehead atoms. The van der Waals surface area contributed by atoms with Crippen LogP contribution < -0.4 is 4.74 Å².